The van der Waals surface area contributed by atoms with Crippen molar-refractivity contribution in [2.75, 3.05) is 5.32 Å². The van der Waals surface area contributed by atoms with Gasteiger partial charge in [0.15, 0.2) is 11.6 Å². The average Bonchev–Trinajstić information content (AvgIpc) is 2.99. The van der Waals surface area contributed by atoms with E-state index < -0.39 is 18.2 Å². The van der Waals surface area contributed by atoms with Gasteiger partial charge in [0.25, 0.3) is 0 Å². The maximum absolute atomic E-state index is 13.6. The smallest absolute Gasteiger partial charge is 0.387 e. The van der Waals surface area contributed by atoms with Crippen LogP contribution in [0.3, 0.4) is 0 Å². The minimum absolute atomic E-state index is 0.0462. The Balaban J connectivity index is 1.71. The predicted octanol–water partition coefficient (Wildman–Crippen LogP) is 3.26. The largest absolute Gasteiger partial charge is 0.432 e. The molecule has 3 aromatic rings. The van der Waals surface area contributed by atoms with E-state index in [1.54, 1.807) is 35.0 Å². The Hall–Kier alpha value is -3.03. The Kier molecular flexibility index (Phi) is 4.37. The lowest BCUT2D eigenvalue weighted by Gasteiger charge is -2.09. The normalized spacial score (nSPS) is 11.0. The first-order valence-corrected chi connectivity index (χ1v) is 6.98. The van der Waals surface area contributed by atoms with Crippen LogP contribution in [0.25, 0.3) is 5.65 Å². The molecule has 2 aromatic heterocycles. The number of rotatable bonds is 5. The molecule has 0 fully saturated rings. The first kappa shape index (κ1) is 15.9. The van der Waals surface area contributed by atoms with E-state index in [1.807, 2.05) is 0 Å². The van der Waals surface area contributed by atoms with Crippen molar-refractivity contribution in [3.63, 3.8) is 0 Å². The highest BCUT2D eigenvalue weighted by molar-refractivity contribution is 5.92. The molecule has 1 N–H and O–H groups in total. The van der Waals surface area contributed by atoms with E-state index in [0.717, 1.165) is 12.1 Å². The average molecular weight is 335 g/mol. The van der Waals surface area contributed by atoms with Crippen LogP contribution in [0.2, 0.25) is 0 Å². The van der Waals surface area contributed by atoms with Crippen LogP contribution in [0.5, 0.6) is 5.75 Å². The summed E-state index contributed by atoms with van der Waals surface area (Å²) in [5, 5.41) is 2.51. The van der Waals surface area contributed by atoms with Crippen LogP contribution in [0, 0.1) is 5.82 Å². The second-order valence-electron chi connectivity index (χ2n) is 4.92. The highest BCUT2D eigenvalue weighted by Crippen LogP contribution is 2.23. The molecule has 3 rings (SSSR count). The number of hydrogen-bond acceptors (Lipinski definition) is 3. The fraction of sp³-hybridized carbons (Fsp3) is 0.125. The van der Waals surface area contributed by atoms with Gasteiger partial charge >= 0.3 is 6.61 Å². The molecule has 5 nitrogen and oxygen atoms in total. The van der Waals surface area contributed by atoms with Gasteiger partial charge in [-0.3, -0.25) is 4.79 Å². The molecule has 0 saturated carbocycles. The van der Waals surface area contributed by atoms with Gasteiger partial charge in [0.1, 0.15) is 5.65 Å². The third-order valence-corrected chi connectivity index (χ3v) is 3.29. The van der Waals surface area contributed by atoms with E-state index in [2.05, 4.69) is 15.0 Å². The summed E-state index contributed by atoms with van der Waals surface area (Å²) in [5.41, 5.74) is 1.57. The Bertz CT molecular complexity index is 880. The van der Waals surface area contributed by atoms with Gasteiger partial charge in [0.2, 0.25) is 5.91 Å². The maximum Gasteiger partial charge on any atom is 0.387 e. The van der Waals surface area contributed by atoms with Crippen LogP contribution in [-0.2, 0) is 11.2 Å². The van der Waals surface area contributed by atoms with Gasteiger partial charge in [-0.25, -0.2) is 9.37 Å². The molecular weight excluding hydrogens is 323 g/mol. The molecule has 1 amide bonds. The van der Waals surface area contributed by atoms with Crippen LogP contribution in [0.15, 0.2) is 48.8 Å². The van der Waals surface area contributed by atoms with Gasteiger partial charge in [-0.15, -0.1) is 0 Å². The number of carbonyl (C=O) groups excluding carboxylic acids is 1. The molecule has 8 heteroatoms. The van der Waals surface area contributed by atoms with Crippen LogP contribution < -0.4 is 10.1 Å². The summed E-state index contributed by atoms with van der Waals surface area (Å²) in [6.07, 6.45) is 3.40. The Morgan fingerprint density at radius 1 is 1.29 bits per heavy atom. The summed E-state index contributed by atoms with van der Waals surface area (Å²) in [7, 11) is 0. The second-order valence-corrected chi connectivity index (χ2v) is 4.92. The monoisotopic (exact) mass is 335 g/mol. The van der Waals surface area contributed by atoms with Crippen molar-refractivity contribution in [3.05, 3.63) is 60.3 Å². The van der Waals surface area contributed by atoms with E-state index in [9.17, 15) is 18.0 Å². The lowest BCUT2D eigenvalue weighted by Crippen LogP contribution is -2.16. The van der Waals surface area contributed by atoms with Gasteiger partial charge in [0, 0.05) is 29.8 Å². The Morgan fingerprint density at radius 3 is 2.88 bits per heavy atom. The molecule has 0 aliphatic heterocycles. The number of amides is 1. The molecular formula is C16H12F3N3O2. The van der Waals surface area contributed by atoms with Crippen LogP contribution >= 0.6 is 0 Å². The number of nitrogens with zero attached hydrogens (tertiary/aromatic N) is 2. The molecule has 0 radical (unpaired) electrons. The number of hydrogen-bond donors (Lipinski definition) is 1. The van der Waals surface area contributed by atoms with E-state index in [4.69, 9.17) is 0 Å². The molecule has 0 atom stereocenters. The molecule has 0 saturated heterocycles. The van der Waals surface area contributed by atoms with Crippen molar-refractivity contribution in [3.8, 4) is 5.75 Å². The number of aromatic nitrogens is 2. The minimum atomic E-state index is -3.12. The summed E-state index contributed by atoms with van der Waals surface area (Å²) in [4.78, 5) is 16.2. The number of carbonyl (C=O) groups is 1. The number of pyridine rings is 1. The summed E-state index contributed by atoms with van der Waals surface area (Å²) in [6, 6.07) is 8.60. The Morgan fingerprint density at radius 2 is 2.12 bits per heavy atom. The van der Waals surface area contributed by atoms with Crippen molar-refractivity contribution >= 4 is 17.2 Å². The number of nitrogens with one attached hydrogen (secondary N) is 1. The molecule has 2 heterocycles. The van der Waals surface area contributed by atoms with Gasteiger partial charge in [0.05, 0.1) is 6.42 Å². The van der Waals surface area contributed by atoms with Crippen molar-refractivity contribution in [1.82, 2.24) is 9.38 Å². The minimum Gasteiger partial charge on any atom is -0.432 e. The van der Waals surface area contributed by atoms with E-state index in [-0.39, 0.29) is 18.0 Å². The van der Waals surface area contributed by atoms with Crippen molar-refractivity contribution in [1.29, 1.82) is 0 Å². The summed E-state index contributed by atoms with van der Waals surface area (Å²) in [5.74, 6) is -1.94. The van der Waals surface area contributed by atoms with Crippen LogP contribution in [0.4, 0.5) is 18.9 Å². The Labute approximate surface area is 134 Å². The quantitative estimate of drug-likeness (QED) is 0.779. The third-order valence-electron chi connectivity index (χ3n) is 3.29. The zero-order valence-corrected chi connectivity index (χ0v) is 12.2. The molecule has 124 valence electrons. The number of ether oxygens (including phenoxy) is 1. The SMILES string of the molecule is O=C(Cc1cccc2nccn12)Nc1ccc(OC(F)F)c(F)c1. The lowest BCUT2D eigenvalue weighted by molar-refractivity contribution is -0.115. The lowest BCUT2D eigenvalue weighted by atomic mass is 10.2. The zero-order valence-electron chi connectivity index (χ0n) is 12.2. The van der Waals surface area contributed by atoms with Crippen LogP contribution in [-0.4, -0.2) is 21.9 Å². The standard InChI is InChI=1S/C16H12F3N3O2/c17-12-8-10(4-5-13(12)24-16(18)19)21-15(23)9-11-2-1-3-14-20-6-7-22(11)14/h1-8,16H,9H2,(H,21,23). The highest BCUT2D eigenvalue weighted by atomic mass is 19.3. The molecule has 1 aromatic carbocycles. The maximum atomic E-state index is 13.6. The van der Waals surface area contributed by atoms with E-state index in [1.165, 1.54) is 6.07 Å². The van der Waals surface area contributed by atoms with Crippen molar-refractivity contribution in [2.45, 2.75) is 13.0 Å². The topological polar surface area (TPSA) is 55.6 Å². The fourth-order valence-corrected chi connectivity index (χ4v) is 2.29. The fourth-order valence-electron chi connectivity index (χ4n) is 2.29. The van der Waals surface area contributed by atoms with Crippen molar-refractivity contribution < 1.29 is 22.7 Å². The van der Waals surface area contributed by atoms with Gasteiger partial charge in [-0.1, -0.05) is 6.07 Å². The first-order chi connectivity index (χ1) is 11.5. The van der Waals surface area contributed by atoms with Gasteiger partial charge in [-0.05, 0) is 24.3 Å². The third kappa shape index (κ3) is 3.48. The second kappa shape index (κ2) is 6.61. The van der Waals surface area contributed by atoms with E-state index in [0.29, 0.717) is 11.3 Å². The molecule has 24 heavy (non-hydrogen) atoms. The predicted molar refractivity (Wildman–Crippen MR) is 80.6 cm³/mol. The number of alkyl halides is 2. The summed E-state index contributed by atoms with van der Waals surface area (Å²) >= 11 is 0. The van der Waals surface area contributed by atoms with Crippen molar-refractivity contribution in [2.24, 2.45) is 0 Å². The zero-order chi connectivity index (χ0) is 17.1. The summed E-state index contributed by atoms with van der Waals surface area (Å²) < 4.78 is 43.6. The molecule has 0 spiro atoms. The van der Waals surface area contributed by atoms with Crippen LogP contribution in [0.1, 0.15) is 5.69 Å². The number of fused-ring (bicyclic) bond motifs is 1. The molecule has 0 bridgehead atoms. The number of anilines is 1. The number of benzene rings is 1. The van der Waals surface area contributed by atoms with Gasteiger partial charge in [-0.2, -0.15) is 8.78 Å². The van der Waals surface area contributed by atoms with E-state index >= 15 is 0 Å². The first-order valence-electron chi connectivity index (χ1n) is 6.98. The highest BCUT2D eigenvalue weighted by Gasteiger charge is 2.12. The van der Waals surface area contributed by atoms with Gasteiger partial charge < -0.3 is 14.5 Å². The molecule has 0 unspecified atom stereocenters. The number of halogens is 3. The number of imidazole rings is 1. The molecule has 0 aliphatic carbocycles. The molecule has 0 aliphatic rings. The summed E-state index contributed by atoms with van der Waals surface area (Å²) in [6.45, 7) is -3.12.